The zero-order valence-electron chi connectivity index (χ0n) is 11.2. The van der Waals surface area contributed by atoms with Gasteiger partial charge in [-0.3, -0.25) is 0 Å². The molecule has 1 unspecified atom stereocenters. The van der Waals surface area contributed by atoms with Crippen LogP contribution in [0.3, 0.4) is 0 Å². The minimum Gasteiger partial charge on any atom is -0.480 e. The van der Waals surface area contributed by atoms with Gasteiger partial charge in [-0.15, -0.1) is 0 Å². The minimum absolute atomic E-state index is 0.257. The number of aryl methyl sites for hydroxylation is 1. The quantitative estimate of drug-likeness (QED) is 0.876. The maximum Gasteiger partial charge on any atom is 0.232 e. The van der Waals surface area contributed by atoms with Crippen LogP contribution in [-0.4, -0.2) is 41.4 Å². The van der Waals surface area contributed by atoms with E-state index in [1.807, 2.05) is 11.6 Å². The average molecular weight is 262 g/mol. The molecule has 6 heteroatoms. The number of rotatable bonds is 2. The molecule has 0 aromatic carbocycles. The minimum atomic E-state index is 0.257. The first-order valence-electron chi connectivity index (χ1n) is 6.46. The Bertz CT molecular complexity index is 573. The van der Waals surface area contributed by atoms with E-state index in [0.717, 1.165) is 42.9 Å². The second-order valence-corrected chi connectivity index (χ2v) is 4.69. The van der Waals surface area contributed by atoms with Gasteiger partial charge in [0.05, 0.1) is 19.9 Å². The maximum absolute atomic E-state index is 5.48. The zero-order valence-corrected chi connectivity index (χ0v) is 11.2. The van der Waals surface area contributed by atoms with Gasteiger partial charge in [0.2, 0.25) is 5.88 Å². The van der Waals surface area contributed by atoms with Crippen molar-refractivity contribution in [2.45, 2.75) is 12.5 Å². The van der Waals surface area contributed by atoms with E-state index in [0.29, 0.717) is 5.88 Å². The predicted octanol–water partition coefficient (Wildman–Crippen LogP) is 1.03. The van der Waals surface area contributed by atoms with Crippen LogP contribution in [0.5, 0.6) is 5.88 Å². The van der Waals surface area contributed by atoms with Gasteiger partial charge >= 0.3 is 0 Å². The maximum atomic E-state index is 5.48. The summed E-state index contributed by atoms with van der Waals surface area (Å²) in [5, 5.41) is 3.49. The monoisotopic (exact) mass is 262 g/mol. The third kappa shape index (κ3) is 2.29. The van der Waals surface area contributed by atoms with Crippen molar-refractivity contribution in [3.8, 4) is 5.88 Å². The third-order valence-electron chi connectivity index (χ3n) is 3.44. The summed E-state index contributed by atoms with van der Waals surface area (Å²) in [4.78, 5) is 8.94. The van der Waals surface area contributed by atoms with Crippen molar-refractivity contribution in [2.75, 3.05) is 26.9 Å². The summed E-state index contributed by atoms with van der Waals surface area (Å²) in [7, 11) is 3.59. The zero-order chi connectivity index (χ0) is 13.2. The first kappa shape index (κ1) is 12.4. The van der Waals surface area contributed by atoms with Crippen molar-refractivity contribution in [1.29, 1.82) is 0 Å². The molecule has 1 saturated heterocycles. The highest BCUT2D eigenvalue weighted by Crippen LogP contribution is 2.27. The fourth-order valence-electron chi connectivity index (χ4n) is 2.48. The Hall–Kier alpha value is -1.66. The fourth-order valence-corrected chi connectivity index (χ4v) is 2.48. The largest absolute Gasteiger partial charge is 0.480 e. The molecule has 102 valence electrons. The summed E-state index contributed by atoms with van der Waals surface area (Å²) in [6.07, 6.45) is 4.68. The summed E-state index contributed by atoms with van der Waals surface area (Å²) in [5.41, 5.74) is 2.94. The van der Waals surface area contributed by atoms with Gasteiger partial charge in [-0.25, -0.2) is 9.97 Å². The van der Waals surface area contributed by atoms with Crippen LogP contribution in [-0.2, 0) is 11.8 Å². The van der Waals surface area contributed by atoms with Crippen molar-refractivity contribution in [3.05, 3.63) is 18.0 Å². The first-order valence-corrected chi connectivity index (χ1v) is 6.46. The Morgan fingerprint density at radius 3 is 3.21 bits per heavy atom. The van der Waals surface area contributed by atoms with E-state index in [4.69, 9.17) is 9.47 Å². The topological polar surface area (TPSA) is 61.2 Å². The van der Waals surface area contributed by atoms with Crippen LogP contribution >= 0.6 is 0 Å². The summed E-state index contributed by atoms with van der Waals surface area (Å²) < 4.78 is 12.7. The highest BCUT2D eigenvalue weighted by molar-refractivity contribution is 5.77. The van der Waals surface area contributed by atoms with Crippen molar-refractivity contribution in [2.24, 2.45) is 7.05 Å². The highest BCUT2D eigenvalue weighted by Gasteiger charge is 2.20. The number of aromatic nitrogens is 3. The number of ether oxygens (including phenoxy) is 2. The summed E-state index contributed by atoms with van der Waals surface area (Å²) in [6, 6.07) is 0.257. The molecule has 19 heavy (non-hydrogen) atoms. The lowest BCUT2D eigenvalue weighted by Crippen LogP contribution is -2.22. The van der Waals surface area contributed by atoms with Crippen LogP contribution in [0.25, 0.3) is 11.2 Å². The molecule has 6 nitrogen and oxygen atoms in total. The third-order valence-corrected chi connectivity index (χ3v) is 3.44. The van der Waals surface area contributed by atoms with Gasteiger partial charge in [0.1, 0.15) is 5.52 Å². The van der Waals surface area contributed by atoms with Gasteiger partial charge < -0.3 is 19.4 Å². The molecule has 1 N–H and O–H groups in total. The van der Waals surface area contributed by atoms with Crippen molar-refractivity contribution in [1.82, 2.24) is 19.9 Å². The van der Waals surface area contributed by atoms with Crippen LogP contribution < -0.4 is 10.1 Å². The van der Waals surface area contributed by atoms with Crippen LogP contribution in [0.1, 0.15) is 18.0 Å². The Morgan fingerprint density at radius 1 is 1.47 bits per heavy atom. The summed E-state index contributed by atoms with van der Waals surface area (Å²) in [5.74, 6) is 0.546. The summed E-state index contributed by atoms with van der Waals surface area (Å²) in [6.45, 7) is 2.39. The lowest BCUT2D eigenvalue weighted by atomic mass is 10.1. The predicted molar refractivity (Wildman–Crippen MR) is 71.2 cm³/mol. The number of hydrogen-bond donors (Lipinski definition) is 1. The van der Waals surface area contributed by atoms with E-state index in [-0.39, 0.29) is 6.04 Å². The Balaban J connectivity index is 2.06. The van der Waals surface area contributed by atoms with Crippen molar-refractivity contribution >= 4 is 11.2 Å². The fraction of sp³-hybridized carbons (Fsp3) is 0.538. The molecule has 1 aliphatic rings. The SMILES string of the molecule is COc1cnc2c(n1)c(C1CCOCCN1)cn2C. The molecule has 3 heterocycles. The highest BCUT2D eigenvalue weighted by atomic mass is 16.5. The molecule has 2 aromatic rings. The lowest BCUT2D eigenvalue weighted by Gasteiger charge is -2.13. The molecule has 3 rings (SSSR count). The van der Waals surface area contributed by atoms with Gasteiger partial charge in [-0.2, -0.15) is 0 Å². The second-order valence-electron chi connectivity index (χ2n) is 4.69. The van der Waals surface area contributed by atoms with E-state index in [1.165, 1.54) is 0 Å². The molecule has 1 atom stereocenters. The molecule has 1 aliphatic heterocycles. The van der Waals surface area contributed by atoms with Gasteiger partial charge in [-0.05, 0) is 6.42 Å². The number of nitrogens with zero attached hydrogens (tertiary/aromatic N) is 3. The van der Waals surface area contributed by atoms with Crippen LogP contribution in [0.4, 0.5) is 0 Å². The molecule has 1 fully saturated rings. The molecule has 0 spiro atoms. The number of nitrogens with one attached hydrogen (secondary N) is 1. The Morgan fingerprint density at radius 2 is 2.37 bits per heavy atom. The molecular formula is C13H18N4O2. The number of methoxy groups -OCH3 is 1. The van der Waals surface area contributed by atoms with Gasteiger partial charge in [0, 0.05) is 38.0 Å². The van der Waals surface area contributed by atoms with E-state index in [9.17, 15) is 0 Å². The van der Waals surface area contributed by atoms with Crippen LogP contribution in [0.2, 0.25) is 0 Å². The first-order chi connectivity index (χ1) is 9.29. The molecular weight excluding hydrogens is 244 g/mol. The van der Waals surface area contributed by atoms with E-state index in [1.54, 1.807) is 13.3 Å². The summed E-state index contributed by atoms with van der Waals surface area (Å²) >= 11 is 0. The van der Waals surface area contributed by atoms with Crippen LogP contribution in [0.15, 0.2) is 12.4 Å². The number of fused-ring (bicyclic) bond motifs is 1. The van der Waals surface area contributed by atoms with Gasteiger partial charge in [0.15, 0.2) is 5.65 Å². The Labute approximate surface area is 111 Å². The number of hydrogen-bond acceptors (Lipinski definition) is 5. The average Bonchev–Trinajstić information content (AvgIpc) is 2.64. The molecule has 0 amide bonds. The van der Waals surface area contributed by atoms with Crippen LogP contribution in [0, 0.1) is 0 Å². The van der Waals surface area contributed by atoms with E-state index in [2.05, 4.69) is 21.5 Å². The van der Waals surface area contributed by atoms with E-state index >= 15 is 0 Å². The van der Waals surface area contributed by atoms with Crippen molar-refractivity contribution < 1.29 is 9.47 Å². The van der Waals surface area contributed by atoms with Gasteiger partial charge in [0.25, 0.3) is 0 Å². The smallest absolute Gasteiger partial charge is 0.232 e. The van der Waals surface area contributed by atoms with Crippen molar-refractivity contribution in [3.63, 3.8) is 0 Å². The lowest BCUT2D eigenvalue weighted by molar-refractivity contribution is 0.150. The Kier molecular flexibility index (Phi) is 3.35. The molecule has 2 aromatic heterocycles. The molecule has 0 radical (unpaired) electrons. The molecule has 0 bridgehead atoms. The molecule has 0 saturated carbocycles. The van der Waals surface area contributed by atoms with E-state index < -0.39 is 0 Å². The second kappa shape index (κ2) is 5.14. The standard InChI is InChI=1S/C13H18N4O2/c1-17-8-9(10-3-5-19-6-4-14-10)12-13(17)15-7-11(16-12)18-2/h7-8,10,14H,3-6H2,1-2H3. The normalized spacial score (nSPS) is 20.4. The van der Waals surface area contributed by atoms with Gasteiger partial charge in [-0.1, -0.05) is 0 Å². The molecule has 0 aliphatic carbocycles.